The third-order valence-corrected chi connectivity index (χ3v) is 4.49. The number of morpholine rings is 1. The van der Waals surface area contributed by atoms with Gasteiger partial charge in [0, 0.05) is 17.6 Å². The van der Waals surface area contributed by atoms with E-state index in [9.17, 15) is 4.79 Å². The van der Waals surface area contributed by atoms with E-state index in [0.717, 1.165) is 54.6 Å². The van der Waals surface area contributed by atoms with Gasteiger partial charge in [-0.15, -0.1) is 0 Å². The van der Waals surface area contributed by atoms with Crippen molar-refractivity contribution in [2.45, 2.75) is 12.8 Å². The van der Waals surface area contributed by atoms with Gasteiger partial charge in [-0.3, -0.25) is 4.79 Å². The van der Waals surface area contributed by atoms with Gasteiger partial charge in [-0.2, -0.15) is 0 Å². The van der Waals surface area contributed by atoms with Crippen LogP contribution in [0.5, 0.6) is 0 Å². The Morgan fingerprint density at radius 2 is 2.09 bits per heavy atom. The number of ether oxygens (including phenoxy) is 1. The SMILES string of the molecule is O=C(CNCC1CC1)Nc1cc(Br)ccc1N1CCOCC1. The number of rotatable bonds is 6. The van der Waals surface area contributed by atoms with Crippen molar-refractivity contribution >= 4 is 33.2 Å². The number of amides is 1. The quantitative estimate of drug-likeness (QED) is 0.809. The predicted octanol–water partition coefficient (Wildman–Crippen LogP) is 2.22. The first kappa shape index (κ1) is 15.8. The molecule has 0 atom stereocenters. The van der Waals surface area contributed by atoms with Crippen LogP contribution in [0.2, 0.25) is 0 Å². The number of benzene rings is 1. The van der Waals surface area contributed by atoms with Crippen LogP contribution in [0.25, 0.3) is 0 Å². The minimum absolute atomic E-state index is 0.00765. The van der Waals surface area contributed by atoms with E-state index in [-0.39, 0.29) is 5.91 Å². The summed E-state index contributed by atoms with van der Waals surface area (Å²) in [6.07, 6.45) is 2.59. The zero-order valence-corrected chi connectivity index (χ0v) is 14.2. The maximum Gasteiger partial charge on any atom is 0.238 e. The van der Waals surface area contributed by atoms with E-state index in [2.05, 4.69) is 31.5 Å². The highest BCUT2D eigenvalue weighted by Gasteiger charge is 2.21. The Bertz CT molecular complexity index is 528. The molecule has 0 bridgehead atoms. The largest absolute Gasteiger partial charge is 0.378 e. The molecule has 0 unspecified atom stereocenters. The van der Waals surface area contributed by atoms with Gasteiger partial charge in [0.05, 0.1) is 31.1 Å². The molecule has 1 saturated carbocycles. The number of hydrogen-bond donors (Lipinski definition) is 2. The third-order valence-electron chi connectivity index (χ3n) is 4.00. The fraction of sp³-hybridized carbons (Fsp3) is 0.562. The molecule has 1 aliphatic heterocycles. The lowest BCUT2D eigenvalue weighted by Crippen LogP contribution is -2.37. The molecule has 0 spiro atoms. The van der Waals surface area contributed by atoms with Crippen molar-refractivity contribution in [1.82, 2.24) is 5.32 Å². The van der Waals surface area contributed by atoms with Crippen molar-refractivity contribution in [3.8, 4) is 0 Å². The number of hydrogen-bond acceptors (Lipinski definition) is 4. The standard InChI is InChI=1S/C16H22BrN3O2/c17-13-3-4-15(20-5-7-22-8-6-20)14(9-13)19-16(21)11-18-10-12-1-2-12/h3-4,9,12,18H,1-2,5-8,10-11H2,(H,19,21). The van der Waals surface area contributed by atoms with E-state index in [4.69, 9.17) is 4.74 Å². The molecule has 2 fully saturated rings. The number of carbonyl (C=O) groups is 1. The fourth-order valence-electron chi connectivity index (χ4n) is 2.59. The van der Waals surface area contributed by atoms with Crippen molar-refractivity contribution in [1.29, 1.82) is 0 Å². The van der Waals surface area contributed by atoms with Crippen molar-refractivity contribution in [2.75, 3.05) is 49.6 Å². The van der Waals surface area contributed by atoms with Gasteiger partial charge in [0.1, 0.15) is 0 Å². The lowest BCUT2D eigenvalue weighted by Gasteiger charge is -2.30. The Morgan fingerprint density at radius 1 is 1.32 bits per heavy atom. The van der Waals surface area contributed by atoms with E-state index in [1.54, 1.807) is 0 Å². The minimum Gasteiger partial charge on any atom is -0.378 e. The Kier molecular flexibility index (Phi) is 5.33. The molecular formula is C16H22BrN3O2. The molecule has 120 valence electrons. The summed E-state index contributed by atoms with van der Waals surface area (Å²) in [7, 11) is 0. The molecule has 5 nitrogen and oxygen atoms in total. The number of carbonyl (C=O) groups excluding carboxylic acids is 1. The first-order chi connectivity index (χ1) is 10.7. The minimum atomic E-state index is 0.00765. The van der Waals surface area contributed by atoms with Crippen molar-refractivity contribution in [3.63, 3.8) is 0 Å². The molecule has 22 heavy (non-hydrogen) atoms. The molecule has 1 aromatic rings. The molecule has 1 aliphatic carbocycles. The summed E-state index contributed by atoms with van der Waals surface area (Å²) in [5, 5.41) is 6.25. The van der Waals surface area contributed by atoms with Gasteiger partial charge >= 0.3 is 0 Å². The summed E-state index contributed by atoms with van der Waals surface area (Å²) in [6, 6.07) is 6.01. The molecule has 1 aromatic carbocycles. The second-order valence-corrected chi connectivity index (χ2v) is 6.80. The van der Waals surface area contributed by atoms with Crippen LogP contribution in [0.15, 0.2) is 22.7 Å². The van der Waals surface area contributed by atoms with Crippen molar-refractivity contribution in [3.05, 3.63) is 22.7 Å². The normalized spacial score (nSPS) is 18.3. The van der Waals surface area contributed by atoms with E-state index < -0.39 is 0 Å². The molecule has 0 radical (unpaired) electrons. The van der Waals surface area contributed by atoms with Gasteiger partial charge in [-0.25, -0.2) is 0 Å². The summed E-state index contributed by atoms with van der Waals surface area (Å²) in [5.74, 6) is 0.788. The molecular weight excluding hydrogens is 346 g/mol. The van der Waals surface area contributed by atoms with E-state index in [0.29, 0.717) is 6.54 Å². The van der Waals surface area contributed by atoms with Crippen LogP contribution in [0.3, 0.4) is 0 Å². The second-order valence-electron chi connectivity index (χ2n) is 5.88. The maximum atomic E-state index is 12.1. The molecule has 3 rings (SSSR count). The van der Waals surface area contributed by atoms with Crippen LogP contribution in [0.1, 0.15) is 12.8 Å². The Hall–Kier alpha value is -1.11. The lowest BCUT2D eigenvalue weighted by molar-refractivity contribution is -0.115. The average Bonchev–Trinajstić information content (AvgIpc) is 3.32. The van der Waals surface area contributed by atoms with Gasteiger partial charge in [0.15, 0.2) is 0 Å². The summed E-state index contributed by atoms with van der Waals surface area (Å²) in [5.41, 5.74) is 1.91. The zero-order chi connectivity index (χ0) is 15.4. The van der Waals surface area contributed by atoms with E-state index in [1.165, 1.54) is 12.8 Å². The summed E-state index contributed by atoms with van der Waals surface area (Å²) in [6.45, 7) is 4.47. The number of anilines is 2. The number of nitrogens with zero attached hydrogens (tertiary/aromatic N) is 1. The number of nitrogens with one attached hydrogen (secondary N) is 2. The first-order valence-electron chi connectivity index (χ1n) is 7.85. The van der Waals surface area contributed by atoms with Gasteiger partial charge in [-0.05, 0) is 43.5 Å². The number of halogens is 1. The van der Waals surface area contributed by atoms with Crippen LogP contribution < -0.4 is 15.5 Å². The maximum absolute atomic E-state index is 12.1. The second kappa shape index (κ2) is 7.44. The summed E-state index contributed by atoms with van der Waals surface area (Å²) < 4.78 is 6.36. The summed E-state index contributed by atoms with van der Waals surface area (Å²) >= 11 is 3.48. The van der Waals surface area contributed by atoms with Gasteiger partial charge in [0.25, 0.3) is 0 Å². The molecule has 6 heteroatoms. The Balaban J connectivity index is 1.62. The highest BCUT2D eigenvalue weighted by Crippen LogP contribution is 2.30. The van der Waals surface area contributed by atoms with Gasteiger partial charge in [0.2, 0.25) is 5.91 Å². The van der Waals surface area contributed by atoms with E-state index >= 15 is 0 Å². The van der Waals surface area contributed by atoms with Crippen molar-refractivity contribution in [2.24, 2.45) is 5.92 Å². The average molecular weight is 368 g/mol. The lowest BCUT2D eigenvalue weighted by atomic mass is 10.2. The van der Waals surface area contributed by atoms with Gasteiger partial charge < -0.3 is 20.3 Å². The van der Waals surface area contributed by atoms with Gasteiger partial charge in [-0.1, -0.05) is 15.9 Å². The predicted molar refractivity (Wildman–Crippen MR) is 91.4 cm³/mol. The molecule has 1 amide bonds. The Morgan fingerprint density at radius 3 is 2.82 bits per heavy atom. The van der Waals surface area contributed by atoms with Crippen LogP contribution in [-0.2, 0) is 9.53 Å². The van der Waals surface area contributed by atoms with Crippen LogP contribution in [0, 0.1) is 5.92 Å². The zero-order valence-electron chi connectivity index (χ0n) is 12.6. The third kappa shape index (κ3) is 4.44. The Labute approximate surface area is 139 Å². The van der Waals surface area contributed by atoms with Crippen LogP contribution in [-0.4, -0.2) is 45.3 Å². The monoisotopic (exact) mass is 367 g/mol. The van der Waals surface area contributed by atoms with Crippen molar-refractivity contribution < 1.29 is 9.53 Å². The fourth-order valence-corrected chi connectivity index (χ4v) is 2.96. The smallest absolute Gasteiger partial charge is 0.238 e. The molecule has 0 aromatic heterocycles. The molecule has 1 saturated heterocycles. The highest BCUT2D eigenvalue weighted by atomic mass is 79.9. The molecule has 2 aliphatic rings. The molecule has 1 heterocycles. The first-order valence-corrected chi connectivity index (χ1v) is 8.64. The van der Waals surface area contributed by atoms with Crippen LogP contribution >= 0.6 is 15.9 Å². The highest BCUT2D eigenvalue weighted by molar-refractivity contribution is 9.10. The molecule has 2 N–H and O–H groups in total. The van der Waals surface area contributed by atoms with E-state index in [1.807, 2.05) is 18.2 Å². The van der Waals surface area contributed by atoms with Crippen LogP contribution in [0.4, 0.5) is 11.4 Å². The summed E-state index contributed by atoms with van der Waals surface area (Å²) in [4.78, 5) is 14.4. The topological polar surface area (TPSA) is 53.6 Å².